The van der Waals surface area contributed by atoms with Gasteiger partial charge in [-0.15, -0.1) is 0 Å². The molecule has 6 heteroatoms. The van der Waals surface area contributed by atoms with E-state index in [4.69, 9.17) is 4.98 Å². The molecule has 1 N–H and O–H groups in total. The average molecular weight is 453 g/mol. The van der Waals surface area contributed by atoms with Gasteiger partial charge in [0.25, 0.3) is 5.91 Å². The van der Waals surface area contributed by atoms with E-state index < -0.39 is 0 Å². The van der Waals surface area contributed by atoms with Gasteiger partial charge in [0, 0.05) is 34.4 Å². The molecule has 0 radical (unpaired) electrons. The lowest BCUT2D eigenvalue weighted by atomic mass is 10.0. The lowest BCUT2D eigenvalue weighted by Gasteiger charge is -2.26. The van der Waals surface area contributed by atoms with E-state index >= 15 is 0 Å². The summed E-state index contributed by atoms with van der Waals surface area (Å²) in [5, 5.41) is 3.95. The lowest BCUT2D eigenvalue weighted by molar-refractivity contribution is 0.0952. The van der Waals surface area contributed by atoms with Crippen LogP contribution in [0.4, 0.5) is 0 Å². The third kappa shape index (κ3) is 5.00. The summed E-state index contributed by atoms with van der Waals surface area (Å²) in [6.07, 6.45) is 8.40. The molecule has 1 aliphatic rings. The molecular formula is C23H25BrN4O. The Morgan fingerprint density at radius 2 is 2.00 bits per heavy atom. The highest BCUT2D eigenvalue weighted by Gasteiger charge is 2.15. The molecule has 1 aromatic carbocycles. The van der Waals surface area contributed by atoms with Gasteiger partial charge in [-0.2, -0.15) is 0 Å². The van der Waals surface area contributed by atoms with Gasteiger partial charge in [-0.1, -0.05) is 22.4 Å². The number of carbonyl (C=O) groups is 1. The zero-order valence-corrected chi connectivity index (χ0v) is 18.0. The summed E-state index contributed by atoms with van der Waals surface area (Å²) in [7, 11) is 0. The summed E-state index contributed by atoms with van der Waals surface area (Å²) in [4.78, 5) is 24.4. The number of pyridine rings is 2. The van der Waals surface area contributed by atoms with Crippen LogP contribution in [0.1, 0.15) is 36.0 Å². The molecule has 0 aliphatic carbocycles. The topological polar surface area (TPSA) is 58.1 Å². The van der Waals surface area contributed by atoms with Crippen LogP contribution in [0.15, 0.2) is 53.3 Å². The molecule has 1 amide bonds. The van der Waals surface area contributed by atoms with Gasteiger partial charge in [-0.05, 0) is 75.3 Å². The average Bonchev–Trinajstić information content (AvgIpc) is 2.77. The number of halogens is 1. The Bertz CT molecular complexity index is 987. The number of likely N-dealkylation sites (tertiary alicyclic amines) is 1. The molecule has 4 rings (SSSR count). The maximum absolute atomic E-state index is 13.0. The van der Waals surface area contributed by atoms with Gasteiger partial charge >= 0.3 is 0 Å². The third-order valence-corrected chi connectivity index (χ3v) is 5.85. The minimum atomic E-state index is -0.0562. The van der Waals surface area contributed by atoms with E-state index in [-0.39, 0.29) is 5.91 Å². The number of nitrogens with zero attached hydrogens (tertiary/aromatic N) is 3. The summed E-state index contributed by atoms with van der Waals surface area (Å²) < 4.78 is 0.931. The zero-order chi connectivity index (χ0) is 20.1. The first-order valence-electron chi connectivity index (χ1n) is 10.2. The SMILES string of the molecule is O=C(NCCCN1CCCCC1)c1cc(-c2cccnc2)nc2ccc(Br)cc12. The summed E-state index contributed by atoms with van der Waals surface area (Å²) in [5.41, 5.74) is 3.10. The van der Waals surface area contributed by atoms with E-state index in [0.29, 0.717) is 12.1 Å². The Labute approximate surface area is 179 Å². The van der Waals surface area contributed by atoms with Crippen LogP contribution in [-0.2, 0) is 0 Å². The van der Waals surface area contributed by atoms with Crippen LogP contribution in [0.3, 0.4) is 0 Å². The second-order valence-electron chi connectivity index (χ2n) is 7.47. The van der Waals surface area contributed by atoms with Gasteiger partial charge in [-0.25, -0.2) is 4.98 Å². The highest BCUT2D eigenvalue weighted by atomic mass is 79.9. The second-order valence-corrected chi connectivity index (χ2v) is 8.39. The molecule has 5 nitrogen and oxygen atoms in total. The van der Waals surface area contributed by atoms with E-state index in [9.17, 15) is 4.79 Å². The molecule has 3 heterocycles. The summed E-state index contributed by atoms with van der Waals surface area (Å²) >= 11 is 3.51. The Balaban J connectivity index is 1.52. The Kier molecular flexibility index (Phi) is 6.52. The van der Waals surface area contributed by atoms with E-state index in [1.807, 2.05) is 36.4 Å². The highest BCUT2D eigenvalue weighted by Crippen LogP contribution is 2.27. The number of nitrogens with one attached hydrogen (secondary N) is 1. The first-order chi connectivity index (χ1) is 14.2. The molecule has 3 aromatic rings. The van der Waals surface area contributed by atoms with Crippen molar-refractivity contribution in [3.05, 3.63) is 58.8 Å². The van der Waals surface area contributed by atoms with Crippen molar-refractivity contribution in [2.24, 2.45) is 0 Å². The molecule has 0 saturated carbocycles. The number of aromatic nitrogens is 2. The monoisotopic (exact) mass is 452 g/mol. The largest absolute Gasteiger partial charge is 0.352 e. The molecule has 1 fully saturated rings. The van der Waals surface area contributed by atoms with E-state index in [1.54, 1.807) is 12.4 Å². The fraction of sp³-hybridized carbons (Fsp3) is 0.348. The summed E-state index contributed by atoms with van der Waals surface area (Å²) in [6.45, 7) is 4.09. The molecule has 1 aliphatic heterocycles. The standard InChI is InChI=1S/C23H25BrN4O/c24-18-7-8-21-19(14-18)20(15-22(27-21)17-6-4-9-25-16-17)23(29)26-10-5-13-28-11-2-1-3-12-28/h4,6-9,14-16H,1-3,5,10-13H2,(H,26,29). The van der Waals surface area contributed by atoms with Crippen LogP contribution in [0.2, 0.25) is 0 Å². The Hall–Kier alpha value is -2.31. The fourth-order valence-electron chi connectivity index (χ4n) is 3.83. The molecule has 2 aromatic heterocycles. The molecule has 0 spiro atoms. The predicted molar refractivity (Wildman–Crippen MR) is 120 cm³/mol. The highest BCUT2D eigenvalue weighted by molar-refractivity contribution is 9.10. The molecule has 1 saturated heterocycles. The number of hydrogen-bond donors (Lipinski definition) is 1. The van der Waals surface area contributed by atoms with Crippen LogP contribution in [0.25, 0.3) is 22.2 Å². The van der Waals surface area contributed by atoms with Crippen LogP contribution < -0.4 is 5.32 Å². The van der Waals surface area contributed by atoms with E-state index in [1.165, 1.54) is 32.4 Å². The van der Waals surface area contributed by atoms with Crippen molar-refractivity contribution in [3.63, 3.8) is 0 Å². The van der Waals surface area contributed by atoms with Gasteiger partial charge in [0.15, 0.2) is 0 Å². The quantitative estimate of drug-likeness (QED) is 0.552. The smallest absolute Gasteiger partial charge is 0.252 e. The first-order valence-corrected chi connectivity index (χ1v) is 11.0. The normalized spacial score (nSPS) is 14.8. The van der Waals surface area contributed by atoms with Crippen molar-refractivity contribution in [2.75, 3.05) is 26.2 Å². The fourth-order valence-corrected chi connectivity index (χ4v) is 4.19. The lowest BCUT2D eigenvalue weighted by Crippen LogP contribution is -2.33. The van der Waals surface area contributed by atoms with E-state index in [2.05, 4.69) is 31.1 Å². The van der Waals surface area contributed by atoms with Crippen LogP contribution in [-0.4, -0.2) is 47.0 Å². The molecule has 29 heavy (non-hydrogen) atoms. The minimum absolute atomic E-state index is 0.0562. The van der Waals surface area contributed by atoms with Crippen LogP contribution in [0.5, 0.6) is 0 Å². The van der Waals surface area contributed by atoms with Crippen molar-refractivity contribution in [1.82, 2.24) is 20.2 Å². The maximum atomic E-state index is 13.0. The van der Waals surface area contributed by atoms with Gasteiger partial charge < -0.3 is 10.2 Å². The second kappa shape index (κ2) is 9.46. The van der Waals surface area contributed by atoms with Gasteiger partial charge in [0.05, 0.1) is 16.8 Å². The zero-order valence-electron chi connectivity index (χ0n) is 16.4. The number of benzene rings is 1. The van der Waals surface area contributed by atoms with Crippen molar-refractivity contribution >= 4 is 32.7 Å². The van der Waals surface area contributed by atoms with Gasteiger partial charge in [0.2, 0.25) is 0 Å². The Morgan fingerprint density at radius 1 is 1.14 bits per heavy atom. The molecular weight excluding hydrogens is 428 g/mol. The van der Waals surface area contributed by atoms with E-state index in [0.717, 1.165) is 39.6 Å². The van der Waals surface area contributed by atoms with Crippen LogP contribution >= 0.6 is 15.9 Å². The predicted octanol–water partition coefficient (Wildman–Crippen LogP) is 4.67. The van der Waals surface area contributed by atoms with Crippen molar-refractivity contribution in [2.45, 2.75) is 25.7 Å². The molecule has 0 bridgehead atoms. The first kappa shape index (κ1) is 20.0. The summed E-state index contributed by atoms with van der Waals surface area (Å²) in [6, 6.07) is 11.5. The molecule has 0 unspecified atom stereocenters. The van der Waals surface area contributed by atoms with Crippen molar-refractivity contribution in [3.8, 4) is 11.3 Å². The third-order valence-electron chi connectivity index (χ3n) is 5.36. The van der Waals surface area contributed by atoms with Crippen LogP contribution in [0, 0.1) is 0 Å². The van der Waals surface area contributed by atoms with Gasteiger partial charge in [0.1, 0.15) is 0 Å². The molecule has 0 atom stereocenters. The van der Waals surface area contributed by atoms with Gasteiger partial charge in [-0.3, -0.25) is 9.78 Å². The Morgan fingerprint density at radius 3 is 2.79 bits per heavy atom. The van der Waals surface area contributed by atoms with Crippen molar-refractivity contribution in [1.29, 1.82) is 0 Å². The van der Waals surface area contributed by atoms with Crippen molar-refractivity contribution < 1.29 is 4.79 Å². The molecule has 150 valence electrons. The maximum Gasteiger partial charge on any atom is 0.252 e. The number of piperidine rings is 1. The summed E-state index contributed by atoms with van der Waals surface area (Å²) in [5.74, 6) is -0.0562. The number of hydrogen-bond acceptors (Lipinski definition) is 4. The number of carbonyl (C=O) groups excluding carboxylic acids is 1. The minimum Gasteiger partial charge on any atom is -0.352 e. The number of fused-ring (bicyclic) bond motifs is 1. The number of amides is 1. The number of rotatable bonds is 6.